The van der Waals surface area contributed by atoms with Gasteiger partial charge in [0.25, 0.3) is 0 Å². The molecule has 2 unspecified atom stereocenters. The molecule has 0 bridgehead atoms. The largest absolute Gasteiger partial charge is 0.490 e. The molecule has 2 aliphatic rings. The molecule has 10 nitrogen and oxygen atoms in total. The molecule has 2 aromatic heterocycles. The highest BCUT2D eigenvalue weighted by molar-refractivity contribution is 5.73. The van der Waals surface area contributed by atoms with E-state index >= 15 is 0 Å². The van der Waals surface area contributed by atoms with Gasteiger partial charge in [0.2, 0.25) is 5.88 Å². The van der Waals surface area contributed by atoms with Crippen LogP contribution in [0.15, 0.2) is 30.5 Å². The van der Waals surface area contributed by atoms with E-state index in [4.69, 9.17) is 29.3 Å². The van der Waals surface area contributed by atoms with Crippen molar-refractivity contribution < 1.29 is 60.0 Å². The average molecular weight is 586 g/mol. The summed E-state index contributed by atoms with van der Waals surface area (Å²) < 4.78 is 89.2. The summed E-state index contributed by atoms with van der Waals surface area (Å²) in [4.78, 5) is 24.0. The van der Waals surface area contributed by atoms with Crippen molar-refractivity contribution in [3.8, 4) is 5.88 Å². The molecule has 0 saturated carbocycles. The maximum absolute atomic E-state index is 13.9. The highest BCUT2D eigenvalue weighted by atomic mass is 19.4. The Balaban J connectivity index is 0.000000333. The normalized spacial score (nSPS) is 20.6. The number of carboxylic acids is 2. The Morgan fingerprint density at radius 1 is 1.10 bits per heavy atom. The van der Waals surface area contributed by atoms with Crippen LogP contribution >= 0.6 is 0 Å². The Morgan fingerprint density at radius 3 is 2.25 bits per heavy atom. The fourth-order valence-corrected chi connectivity index (χ4v) is 3.95. The lowest BCUT2D eigenvalue weighted by Crippen LogP contribution is -2.57. The summed E-state index contributed by atoms with van der Waals surface area (Å²) in [6.07, 6.45) is -5.68. The number of hydrogen-bond acceptors (Lipinski definition) is 8. The minimum absolute atomic E-state index is 0.0541. The number of piperidine rings is 1. The molecule has 4 heterocycles. The molecular weight excluding hydrogens is 561 g/mol. The molecule has 0 aromatic carbocycles. The highest BCUT2D eigenvalue weighted by Gasteiger charge is 2.47. The van der Waals surface area contributed by atoms with Crippen molar-refractivity contribution >= 4 is 17.8 Å². The summed E-state index contributed by atoms with van der Waals surface area (Å²) in [6, 6.07) is 6.90. The smallest absolute Gasteiger partial charge is 0.475 e. The lowest BCUT2D eigenvalue weighted by molar-refractivity contribution is -0.193. The third kappa shape index (κ3) is 9.46. The number of aryl methyl sites for hydroxylation is 1. The maximum atomic E-state index is 13.9. The summed E-state index contributed by atoms with van der Waals surface area (Å²) in [5.74, 6) is -5.03. The first kappa shape index (κ1) is 32.5. The number of carbonyl (C=O) groups is 2. The van der Waals surface area contributed by atoms with Gasteiger partial charge in [0.05, 0.1) is 18.4 Å². The molecular formula is C23H25F7N4O6. The lowest BCUT2D eigenvalue weighted by Gasteiger charge is -2.50. The minimum Gasteiger partial charge on any atom is -0.475 e. The third-order valence-electron chi connectivity index (χ3n) is 5.80. The summed E-state index contributed by atoms with van der Waals surface area (Å²) in [6.45, 7) is 4.69. The van der Waals surface area contributed by atoms with Crippen LogP contribution in [0.3, 0.4) is 0 Å². The molecule has 2 saturated heterocycles. The van der Waals surface area contributed by atoms with E-state index in [0.29, 0.717) is 6.61 Å². The van der Waals surface area contributed by atoms with E-state index in [1.54, 1.807) is 12.3 Å². The molecule has 2 fully saturated rings. The van der Waals surface area contributed by atoms with Gasteiger partial charge in [0.1, 0.15) is 0 Å². The number of aliphatic carboxylic acids is 2. The second-order valence-corrected chi connectivity index (χ2v) is 8.75. The fraction of sp³-hybridized carbons (Fsp3) is 0.522. The molecule has 4 rings (SSSR count). The predicted octanol–water partition coefficient (Wildman–Crippen LogP) is 4.04. The lowest BCUT2D eigenvalue weighted by atomic mass is 9.73. The maximum Gasteiger partial charge on any atom is 0.490 e. The van der Waals surface area contributed by atoms with Gasteiger partial charge in [-0.25, -0.2) is 19.0 Å². The van der Waals surface area contributed by atoms with E-state index in [1.165, 1.54) is 6.07 Å². The van der Waals surface area contributed by atoms with Gasteiger partial charge in [-0.3, -0.25) is 0 Å². The van der Waals surface area contributed by atoms with Crippen molar-refractivity contribution in [3.05, 3.63) is 42.0 Å². The predicted molar refractivity (Wildman–Crippen MR) is 122 cm³/mol. The van der Waals surface area contributed by atoms with Crippen molar-refractivity contribution in [2.75, 3.05) is 31.2 Å². The second-order valence-electron chi connectivity index (χ2n) is 8.75. The van der Waals surface area contributed by atoms with E-state index in [0.717, 1.165) is 50.5 Å². The van der Waals surface area contributed by atoms with Crippen LogP contribution < -0.4 is 9.64 Å². The monoisotopic (exact) mass is 586 g/mol. The van der Waals surface area contributed by atoms with Crippen LogP contribution in [0, 0.1) is 18.2 Å². The van der Waals surface area contributed by atoms with Crippen molar-refractivity contribution in [1.82, 2.24) is 15.2 Å². The Kier molecular flexibility index (Phi) is 11.0. The van der Waals surface area contributed by atoms with Crippen LogP contribution in [0.4, 0.5) is 36.6 Å². The number of pyridine rings is 1. The number of halogens is 7. The van der Waals surface area contributed by atoms with Gasteiger partial charge in [-0.05, 0) is 50.5 Å². The first-order valence-corrected chi connectivity index (χ1v) is 11.6. The summed E-state index contributed by atoms with van der Waals surface area (Å²) in [5.41, 5.74) is 0.695. The van der Waals surface area contributed by atoms with Crippen molar-refractivity contribution in [1.29, 1.82) is 0 Å². The zero-order valence-corrected chi connectivity index (χ0v) is 20.9. The third-order valence-corrected chi connectivity index (χ3v) is 5.80. The van der Waals surface area contributed by atoms with Crippen LogP contribution in [-0.4, -0.2) is 82.1 Å². The molecule has 17 heteroatoms. The Labute approximate surface area is 222 Å². The second kappa shape index (κ2) is 13.5. The summed E-state index contributed by atoms with van der Waals surface area (Å²) >= 11 is 0. The molecule has 2 aliphatic heterocycles. The van der Waals surface area contributed by atoms with Gasteiger partial charge < -0.3 is 24.6 Å². The van der Waals surface area contributed by atoms with E-state index in [2.05, 4.69) is 20.1 Å². The molecule has 2 N–H and O–H groups in total. The number of rotatable bonds is 4. The topological polar surface area (TPSA) is 135 Å². The van der Waals surface area contributed by atoms with Gasteiger partial charge >= 0.3 is 24.3 Å². The van der Waals surface area contributed by atoms with E-state index in [1.807, 2.05) is 19.1 Å². The summed E-state index contributed by atoms with van der Waals surface area (Å²) in [5, 5.41) is 22.7. The SMILES string of the molecule is Cc1ccc(N2CCC3OCCCC3(COc3ncccc3F)C2)nn1.O=C(O)C(F)(F)F.O=C(O)C(F)(F)F. The summed E-state index contributed by atoms with van der Waals surface area (Å²) in [7, 11) is 0. The Hall–Kier alpha value is -3.76. The van der Waals surface area contributed by atoms with Crippen LogP contribution in [0.1, 0.15) is 25.0 Å². The van der Waals surface area contributed by atoms with E-state index in [-0.39, 0.29) is 17.4 Å². The van der Waals surface area contributed by atoms with E-state index < -0.39 is 30.1 Å². The molecule has 0 amide bonds. The van der Waals surface area contributed by atoms with Gasteiger partial charge in [-0.2, -0.15) is 31.4 Å². The quantitative estimate of drug-likeness (QED) is 0.506. The van der Waals surface area contributed by atoms with Crippen LogP contribution in [0.2, 0.25) is 0 Å². The molecule has 222 valence electrons. The van der Waals surface area contributed by atoms with Gasteiger partial charge in [0.15, 0.2) is 11.6 Å². The molecule has 2 aromatic rings. The number of aromatic nitrogens is 3. The molecule has 0 spiro atoms. The zero-order valence-electron chi connectivity index (χ0n) is 20.9. The van der Waals surface area contributed by atoms with Gasteiger partial charge in [-0.15, -0.1) is 5.10 Å². The Morgan fingerprint density at radius 2 is 1.73 bits per heavy atom. The van der Waals surface area contributed by atoms with Crippen LogP contribution in [0.25, 0.3) is 0 Å². The first-order valence-electron chi connectivity index (χ1n) is 11.6. The zero-order chi connectivity index (χ0) is 30.1. The van der Waals surface area contributed by atoms with Crippen LogP contribution in [0.5, 0.6) is 5.88 Å². The average Bonchev–Trinajstić information content (AvgIpc) is 2.88. The fourth-order valence-electron chi connectivity index (χ4n) is 3.95. The Bertz CT molecular complexity index is 1110. The van der Waals surface area contributed by atoms with E-state index in [9.17, 15) is 30.7 Å². The van der Waals surface area contributed by atoms with Crippen molar-refractivity contribution in [2.45, 2.75) is 44.6 Å². The van der Waals surface area contributed by atoms with Crippen molar-refractivity contribution in [2.24, 2.45) is 5.41 Å². The number of anilines is 1. The van der Waals surface area contributed by atoms with Gasteiger partial charge in [0, 0.05) is 31.3 Å². The molecule has 2 atom stereocenters. The van der Waals surface area contributed by atoms with Gasteiger partial charge in [-0.1, -0.05) is 0 Å². The standard InChI is InChI=1S/C19H23FN4O2.2C2HF3O2/c1-14-5-6-17(23-22-14)24-10-7-16-19(12-24,8-3-11-25-16)13-26-18-15(20)4-2-9-21-18;2*3-2(4,5)1(6)7/h2,4-6,9,16H,3,7-8,10-13H2,1H3;2*(H,6,7). The number of nitrogens with zero attached hydrogens (tertiary/aromatic N) is 4. The van der Waals surface area contributed by atoms with Crippen molar-refractivity contribution in [3.63, 3.8) is 0 Å². The molecule has 40 heavy (non-hydrogen) atoms. The number of carboxylic acid groups (broad SMARTS) is 2. The molecule has 0 radical (unpaired) electrons. The highest BCUT2D eigenvalue weighted by Crippen LogP contribution is 2.41. The minimum atomic E-state index is -5.08. The first-order chi connectivity index (χ1) is 18.5. The number of hydrogen-bond donors (Lipinski definition) is 2. The molecule has 0 aliphatic carbocycles. The number of fused-ring (bicyclic) bond motifs is 1. The number of alkyl halides is 6. The van der Waals surface area contributed by atoms with Crippen LogP contribution in [-0.2, 0) is 14.3 Å². The number of ether oxygens (including phenoxy) is 2.